The lowest BCUT2D eigenvalue weighted by atomic mass is 9.93. The van der Waals surface area contributed by atoms with E-state index in [1.807, 2.05) is 31.2 Å². The summed E-state index contributed by atoms with van der Waals surface area (Å²) in [6.07, 6.45) is 1.93. The Labute approximate surface area is 212 Å². The molecule has 35 heavy (non-hydrogen) atoms. The first-order valence-corrected chi connectivity index (χ1v) is 12.6. The number of halogens is 1. The third-order valence-electron chi connectivity index (χ3n) is 6.00. The molecule has 4 rings (SSSR count). The number of anilines is 1. The van der Waals surface area contributed by atoms with Crippen LogP contribution in [-0.4, -0.2) is 45.9 Å². The molecule has 10 heteroatoms. The van der Waals surface area contributed by atoms with E-state index in [-0.39, 0.29) is 27.7 Å². The highest BCUT2D eigenvalue weighted by Crippen LogP contribution is 2.23. The third kappa shape index (κ3) is 6.64. The molecule has 0 radical (unpaired) electrons. The lowest BCUT2D eigenvalue weighted by molar-refractivity contribution is -0.122. The Bertz CT molecular complexity index is 1220. The number of rotatable bonds is 7. The molecule has 0 bridgehead atoms. The maximum absolute atomic E-state index is 12.9. The van der Waals surface area contributed by atoms with Crippen molar-refractivity contribution < 1.29 is 14.4 Å². The molecule has 2 N–H and O–H groups in total. The number of nitrogens with one attached hydrogen (secondary N) is 2. The zero-order valence-electron chi connectivity index (χ0n) is 19.3. The number of piperidine rings is 1. The average molecular weight is 512 g/mol. The Morgan fingerprint density at radius 1 is 1.06 bits per heavy atom. The summed E-state index contributed by atoms with van der Waals surface area (Å²) in [4.78, 5) is 39.4. The van der Waals surface area contributed by atoms with Gasteiger partial charge in [0.25, 0.3) is 11.8 Å². The number of aromatic nitrogens is 2. The van der Waals surface area contributed by atoms with Crippen LogP contribution in [0.25, 0.3) is 0 Å². The Hall–Kier alpha value is -3.30. The van der Waals surface area contributed by atoms with E-state index in [1.54, 1.807) is 29.2 Å². The molecule has 3 amide bonds. The molecule has 0 aliphatic carbocycles. The fraction of sp³-hybridized carbons (Fsp3) is 0.320. The van der Waals surface area contributed by atoms with E-state index in [1.165, 1.54) is 0 Å². The van der Waals surface area contributed by atoms with Gasteiger partial charge in [-0.15, -0.1) is 10.2 Å². The second-order valence-corrected chi connectivity index (χ2v) is 9.93. The van der Waals surface area contributed by atoms with Crippen molar-refractivity contribution in [1.29, 1.82) is 0 Å². The van der Waals surface area contributed by atoms with Crippen LogP contribution in [0, 0.1) is 12.8 Å². The number of nitrogens with zero attached hydrogens (tertiary/aromatic N) is 3. The van der Waals surface area contributed by atoms with Crippen molar-refractivity contribution in [3.8, 4) is 0 Å². The molecule has 1 aliphatic heterocycles. The minimum absolute atomic E-state index is 0.0255. The number of hydrogen-bond donors (Lipinski definition) is 2. The number of hydrogen-bond acceptors (Lipinski definition) is 6. The fourth-order valence-corrected chi connectivity index (χ4v) is 4.86. The van der Waals surface area contributed by atoms with Crippen molar-refractivity contribution in [3.05, 3.63) is 74.7 Å². The van der Waals surface area contributed by atoms with Crippen LogP contribution in [0.5, 0.6) is 0 Å². The van der Waals surface area contributed by atoms with Gasteiger partial charge in [-0.2, -0.15) is 0 Å². The molecule has 1 aromatic heterocycles. The molecule has 1 aliphatic rings. The summed E-state index contributed by atoms with van der Waals surface area (Å²) in [6, 6.07) is 14.8. The first kappa shape index (κ1) is 24.8. The second kappa shape index (κ2) is 11.4. The van der Waals surface area contributed by atoms with Gasteiger partial charge in [-0.3, -0.25) is 14.4 Å². The molecule has 2 aromatic carbocycles. The molecular formula is C25H26ClN5O3S. The monoisotopic (exact) mass is 511 g/mol. The van der Waals surface area contributed by atoms with Gasteiger partial charge in [0.2, 0.25) is 15.9 Å². The van der Waals surface area contributed by atoms with E-state index >= 15 is 0 Å². The van der Waals surface area contributed by atoms with Gasteiger partial charge in [-0.05, 0) is 55.0 Å². The van der Waals surface area contributed by atoms with Crippen LogP contribution in [0.15, 0.2) is 48.5 Å². The number of benzene rings is 2. The summed E-state index contributed by atoms with van der Waals surface area (Å²) in [5.74, 6) is -0.437. The lowest BCUT2D eigenvalue weighted by Gasteiger charge is -2.31. The summed E-state index contributed by atoms with van der Waals surface area (Å²) in [6.45, 7) is 3.63. The molecule has 0 unspecified atom stereocenters. The van der Waals surface area contributed by atoms with Crippen molar-refractivity contribution in [1.82, 2.24) is 20.4 Å². The normalized spacial score (nSPS) is 13.9. The summed E-state index contributed by atoms with van der Waals surface area (Å²) >= 11 is 6.90. The smallest absolute Gasteiger partial charge is 0.286 e. The Kier molecular flexibility index (Phi) is 8.09. The molecule has 2 heterocycles. The highest BCUT2D eigenvalue weighted by Gasteiger charge is 2.28. The maximum atomic E-state index is 12.9. The molecular weight excluding hydrogens is 486 g/mol. The van der Waals surface area contributed by atoms with Gasteiger partial charge in [0.05, 0.1) is 0 Å². The largest absolute Gasteiger partial charge is 0.352 e. The van der Waals surface area contributed by atoms with E-state index in [0.717, 1.165) is 35.3 Å². The molecule has 1 fully saturated rings. The predicted octanol–water partition coefficient (Wildman–Crippen LogP) is 4.31. The fourth-order valence-electron chi connectivity index (χ4n) is 3.96. The van der Waals surface area contributed by atoms with Crippen LogP contribution in [-0.2, 0) is 11.3 Å². The summed E-state index contributed by atoms with van der Waals surface area (Å²) in [7, 11) is 0. The zero-order chi connectivity index (χ0) is 24.8. The SMILES string of the molecule is Cc1ccccc1CNC(=O)CC1CCN(C(=O)c2nnc(C(=O)Nc3cccc(Cl)c3)s2)CC1. The van der Waals surface area contributed by atoms with Crippen LogP contribution < -0.4 is 10.6 Å². The quantitative estimate of drug-likeness (QED) is 0.492. The molecule has 1 saturated heterocycles. The van der Waals surface area contributed by atoms with E-state index in [0.29, 0.717) is 36.8 Å². The number of carbonyl (C=O) groups is 3. The van der Waals surface area contributed by atoms with Crippen molar-refractivity contribution in [2.75, 3.05) is 18.4 Å². The lowest BCUT2D eigenvalue weighted by Crippen LogP contribution is -2.39. The molecule has 3 aromatic rings. The molecule has 0 atom stereocenters. The zero-order valence-corrected chi connectivity index (χ0v) is 20.9. The van der Waals surface area contributed by atoms with Gasteiger partial charge >= 0.3 is 0 Å². The van der Waals surface area contributed by atoms with Gasteiger partial charge < -0.3 is 15.5 Å². The van der Waals surface area contributed by atoms with Crippen molar-refractivity contribution >= 4 is 46.3 Å². The Balaban J connectivity index is 1.24. The Morgan fingerprint density at radius 3 is 2.54 bits per heavy atom. The predicted molar refractivity (Wildman–Crippen MR) is 136 cm³/mol. The number of aryl methyl sites for hydroxylation is 1. The minimum atomic E-state index is -0.445. The topological polar surface area (TPSA) is 104 Å². The standard InChI is InChI=1S/C25H26ClN5O3S/c1-16-5-2-3-6-18(16)15-27-21(32)13-17-9-11-31(12-10-17)25(34)24-30-29-23(35-24)22(33)28-20-8-4-7-19(26)14-20/h2-8,14,17H,9-13,15H2,1H3,(H,27,32)(H,28,33). The van der Waals surface area contributed by atoms with Gasteiger partial charge in [0.1, 0.15) is 0 Å². The highest BCUT2D eigenvalue weighted by molar-refractivity contribution is 7.15. The van der Waals surface area contributed by atoms with Crippen molar-refractivity contribution in [2.24, 2.45) is 5.92 Å². The highest BCUT2D eigenvalue weighted by atomic mass is 35.5. The van der Waals surface area contributed by atoms with E-state index in [9.17, 15) is 14.4 Å². The van der Waals surface area contributed by atoms with Gasteiger partial charge in [-0.25, -0.2) is 0 Å². The van der Waals surface area contributed by atoms with Crippen molar-refractivity contribution in [2.45, 2.75) is 32.7 Å². The van der Waals surface area contributed by atoms with Gasteiger partial charge in [-0.1, -0.05) is 53.3 Å². The van der Waals surface area contributed by atoms with Crippen LogP contribution in [0.1, 0.15) is 50.0 Å². The summed E-state index contributed by atoms with van der Waals surface area (Å²) < 4.78 is 0. The van der Waals surface area contributed by atoms with Crippen molar-refractivity contribution in [3.63, 3.8) is 0 Å². The van der Waals surface area contributed by atoms with Crippen LogP contribution >= 0.6 is 22.9 Å². The molecule has 0 saturated carbocycles. The van der Waals surface area contributed by atoms with Gasteiger partial charge in [0.15, 0.2) is 0 Å². The average Bonchev–Trinajstić information content (AvgIpc) is 3.34. The third-order valence-corrected chi connectivity index (χ3v) is 7.14. The van der Waals surface area contributed by atoms with E-state index in [2.05, 4.69) is 20.8 Å². The summed E-state index contributed by atoms with van der Waals surface area (Å²) in [5.41, 5.74) is 2.80. The van der Waals surface area contributed by atoms with E-state index in [4.69, 9.17) is 11.6 Å². The molecule has 8 nitrogen and oxygen atoms in total. The number of carbonyl (C=O) groups excluding carboxylic acids is 3. The molecule has 0 spiro atoms. The Morgan fingerprint density at radius 2 is 1.80 bits per heavy atom. The second-order valence-electron chi connectivity index (χ2n) is 8.52. The molecule has 182 valence electrons. The number of amides is 3. The van der Waals surface area contributed by atoms with Gasteiger partial charge in [0, 0.05) is 36.8 Å². The van der Waals surface area contributed by atoms with Crippen LogP contribution in [0.4, 0.5) is 5.69 Å². The first-order valence-electron chi connectivity index (χ1n) is 11.4. The number of likely N-dealkylation sites (tertiary alicyclic amines) is 1. The minimum Gasteiger partial charge on any atom is -0.352 e. The van der Waals surface area contributed by atoms with Crippen LogP contribution in [0.2, 0.25) is 5.02 Å². The maximum Gasteiger partial charge on any atom is 0.286 e. The van der Waals surface area contributed by atoms with E-state index < -0.39 is 5.91 Å². The summed E-state index contributed by atoms with van der Waals surface area (Å²) in [5, 5.41) is 14.3. The first-order chi connectivity index (χ1) is 16.9. The van der Waals surface area contributed by atoms with Crippen LogP contribution in [0.3, 0.4) is 0 Å².